The molecule has 1 amide bonds. The maximum absolute atomic E-state index is 12.9. The maximum Gasteiger partial charge on any atom is 0.220 e. The van der Waals surface area contributed by atoms with Crippen LogP contribution in [-0.4, -0.2) is 17.4 Å². The Kier molecular flexibility index (Phi) is 5.44. The van der Waals surface area contributed by atoms with Crippen molar-refractivity contribution >= 4 is 17.2 Å². The van der Waals surface area contributed by atoms with Crippen LogP contribution in [-0.2, 0) is 11.2 Å². The van der Waals surface area contributed by atoms with Crippen LogP contribution in [0.15, 0.2) is 29.6 Å². The van der Waals surface area contributed by atoms with Crippen molar-refractivity contribution in [1.82, 2.24) is 10.3 Å². The summed E-state index contributed by atoms with van der Waals surface area (Å²) in [6.07, 6.45) is 1.07. The molecule has 1 N–H and O–H groups in total. The number of hydrogen-bond acceptors (Lipinski definition) is 3. The summed E-state index contributed by atoms with van der Waals surface area (Å²) in [6, 6.07) is 6.28. The molecule has 0 saturated heterocycles. The lowest BCUT2D eigenvalue weighted by molar-refractivity contribution is -0.121. The van der Waals surface area contributed by atoms with Gasteiger partial charge in [-0.05, 0) is 36.6 Å². The lowest BCUT2D eigenvalue weighted by atomic mass is 10.2. The fourth-order valence-electron chi connectivity index (χ4n) is 1.79. The highest BCUT2D eigenvalue weighted by Gasteiger charge is 2.08. The van der Waals surface area contributed by atoms with Gasteiger partial charge in [0.1, 0.15) is 10.8 Å². The number of aromatic nitrogens is 1. The van der Waals surface area contributed by atoms with E-state index in [4.69, 9.17) is 0 Å². The lowest BCUT2D eigenvalue weighted by Crippen LogP contribution is -2.27. The molecule has 0 spiro atoms. The van der Waals surface area contributed by atoms with Crippen LogP contribution in [0.1, 0.15) is 26.0 Å². The summed E-state index contributed by atoms with van der Waals surface area (Å²) in [7, 11) is 0. The Morgan fingerprint density at radius 1 is 1.33 bits per heavy atom. The quantitative estimate of drug-likeness (QED) is 0.885. The van der Waals surface area contributed by atoms with Gasteiger partial charge in [-0.1, -0.05) is 13.8 Å². The first-order chi connectivity index (χ1) is 10.0. The number of halogens is 1. The summed E-state index contributed by atoms with van der Waals surface area (Å²) in [5.74, 6) is 0.260. The topological polar surface area (TPSA) is 42.0 Å². The molecule has 21 heavy (non-hydrogen) atoms. The van der Waals surface area contributed by atoms with E-state index in [0.29, 0.717) is 25.3 Å². The Bertz CT molecular complexity index is 593. The molecule has 0 aliphatic rings. The summed E-state index contributed by atoms with van der Waals surface area (Å²) in [5.41, 5.74) is 1.80. The molecule has 0 aliphatic carbocycles. The molecule has 1 aromatic carbocycles. The van der Waals surface area contributed by atoms with Gasteiger partial charge in [0.2, 0.25) is 5.91 Å². The van der Waals surface area contributed by atoms with Gasteiger partial charge in [0.05, 0.1) is 5.69 Å². The molecule has 0 radical (unpaired) electrons. The molecule has 0 aliphatic heterocycles. The summed E-state index contributed by atoms with van der Waals surface area (Å²) >= 11 is 1.51. The Hall–Kier alpha value is -1.75. The van der Waals surface area contributed by atoms with Crippen LogP contribution in [0.25, 0.3) is 10.6 Å². The molecular weight excluding hydrogens is 287 g/mol. The first kappa shape index (κ1) is 15.6. The van der Waals surface area contributed by atoms with E-state index >= 15 is 0 Å². The molecule has 2 aromatic rings. The van der Waals surface area contributed by atoms with Gasteiger partial charge in [-0.25, -0.2) is 9.37 Å². The number of amides is 1. The van der Waals surface area contributed by atoms with E-state index < -0.39 is 0 Å². The third-order valence-electron chi connectivity index (χ3n) is 2.96. The minimum Gasteiger partial charge on any atom is -0.356 e. The predicted octanol–water partition coefficient (Wildman–Crippen LogP) is 3.65. The van der Waals surface area contributed by atoms with Gasteiger partial charge in [0.25, 0.3) is 0 Å². The average molecular weight is 306 g/mol. The number of aryl methyl sites for hydroxylation is 1. The van der Waals surface area contributed by atoms with Crippen LogP contribution >= 0.6 is 11.3 Å². The van der Waals surface area contributed by atoms with Crippen molar-refractivity contribution < 1.29 is 9.18 Å². The molecule has 0 bridgehead atoms. The standard InChI is InChI=1S/C16H19FN2OS/c1-11(2)9-18-15(20)8-7-14-10-21-16(19-14)12-3-5-13(17)6-4-12/h3-6,10-11H,7-9H2,1-2H3,(H,18,20). The third-order valence-corrected chi connectivity index (χ3v) is 3.90. The molecule has 0 saturated carbocycles. The Morgan fingerprint density at radius 3 is 2.71 bits per heavy atom. The second-order valence-electron chi connectivity index (χ2n) is 5.35. The monoisotopic (exact) mass is 306 g/mol. The van der Waals surface area contributed by atoms with Gasteiger partial charge in [-0.2, -0.15) is 0 Å². The van der Waals surface area contributed by atoms with Gasteiger partial charge in [0, 0.05) is 23.9 Å². The molecule has 1 aromatic heterocycles. The minimum atomic E-state index is -0.252. The molecule has 0 fully saturated rings. The first-order valence-corrected chi connectivity index (χ1v) is 7.89. The highest BCUT2D eigenvalue weighted by Crippen LogP contribution is 2.24. The van der Waals surface area contributed by atoms with Gasteiger partial charge >= 0.3 is 0 Å². The first-order valence-electron chi connectivity index (χ1n) is 7.01. The van der Waals surface area contributed by atoms with Crippen molar-refractivity contribution in [2.75, 3.05) is 6.54 Å². The molecule has 112 valence electrons. The maximum atomic E-state index is 12.9. The van der Waals surface area contributed by atoms with Gasteiger partial charge in [0.15, 0.2) is 0 Å². The van der Waals surface area contributed by atoms with Crippen LogP contribution in [0.5, 0.6) is 0 Å². The van der Waals surface area contributed by atoms with Crippen LogP contribution in [0.4, 0.5) is 4.39 Å². The number of carbonyl (C=O) groups excluding carboxylic acids is 1. The molecular formula is C16H19FN2OS. The van der Waals surface area contributed by atoms with E-state index in [0.717, 1.165) is 16.3 Å². The van der Waals surface area contributed by atoms with Crippen molar-refractivity contribution in [3.63, 3.8) is 0 Å². The van der Waals surface area contributed by atoms with E-state index in [1.54, 1.807) is 12.1 Å². The average Bonchev–Trinajstić information content (AvgIpc) is 2.92. The number of rotatable bonds is 6. The van der Waals surface area contributed by atoms with Gasteiger partial charge < -0.3 is 5.32 Å². The fraction of sp³-hybridized carbons (Fsp3) is 0.375. The van der Waals surface area contributed by atoms with E-state index in [-0.39, 0.29) is 11.7 Å². The lowest BCUT2D eigenvalue weighted by Gasteiger charge is -2.06. The van der Waals surface area contributed by atoms with Crippen molar-refractivity contribution in [2.45, 2.75) is 26.7 Å². The van der Waals surface area contributed by atoms with Crippen LogP contribution in [0.2, 0.25) is 0 Å². The largest absolute Gasteiger partial charge is 0.356 e. The molecule has 3 nitrogen and oxygen atoms in total. The normalized spacial score (nSPS) is 10.9. The van der Waals surface area contributed by atoms with Crippen LogP contribution < -0.4 is 5.32 Å². The molecule has 2 rings (SSSR count). The van der Waals surface area contributed by atoms with Gasteiger partial charge in [-0.15, -0.1) is 11.3 Å². The third kappa shape index (κ3) is 4.93. The van der Waals surface area contributed by atoms with Gasteiger partial charge in [-0.3, -0.25) is 4.79 Å². The summed E-state index contributed by atoms with van der Waals surface area (Å²) < 4.78 is 12.9. The number of nitrogens with zero attached hydrogens (tertiary/aromatic N) is 1. The zero-order valence-corrected chi connectivity index (χ0v) is 13.0. The van der Waals surface area contributed by atoms with E-state index in [1.165, 1.54) is 23.5 Å². The van der Waals surface area contributed by atoms with Crippen molar-refractivity contribution in [2.24, 2.45) is 5.92 Å². The highest BCUT2D eigenvalue weighted by atomic mass is 32.1. The molecule has 1 heterocycles. The molecule has 0 atom stereocenters. The zero-order valence-electron chi connectivity index (χ0n) is 12.2. The van der Waals surface area contributed by atoms with E-state index in [1.807, 2.05) is 5.38 Å². The smallest absolute Gasteiger partial charge is 0.220 e. The Balaban J connectivity index is 1.88. The Labute approximate surface area is 128 Å². The predicted molar refractivity (Wildman–Crippen MR) is 83.7 cm³/mol. The molecule has 0 unspecified atom stereocenters. The second-order valence-corrected chi connectivity index (χ2v) is 6.21. The molecule has 5 heteroatoms. The summed E-state index contributed by atoms with van der Waals surface area (Å²) in [6.45, 7) is 4.84. The van der Waals surface area contributed by atoms with Crippen molar-refractivity contribution in [3.8, 4) is 10.6 Å². The Morgan fingerprint density at radius 2 is 2.05 bits per heavy atom. The minimum absolute atomic E-state index is 0.0556. The van der Waals surface area contributed by atoms with Crippen molar-refractivity contribution in [1.29, 1.82) is 0 Å². The summed E-state index contributed by atoms with van der Waals surface area (Å²) in [4.78, 5) is 16.2. The highest BCUT2D eigenvalue weighted by molar-refractivity contribution is 7.13. The summed E-state index contributed by atoms with van der Waals surface area (Å²) in [5, 5.41) is 5.70. The number of thiazole rings is 1. The number of nitrogens with one attached hydrogen (secondary N) is 1. The number of benzene rings is 1. The second kappa shape index (κ2) is 7.31. The fourth-order valence-corrected chi connectivity index (χ4v) is 2.66. The van der Waals surface area contributed by atoms with Crippen LogP contribution in [0.3, 0.4) is 0 Å². The van der Waals surface area contributed by atoms with Crippen LogP contribution in [0, 0.1) is 11.7 Å². The number of carbonyl (C=O) groups is 1. The van der Waals surface area contributed by atoms with E-state index in [2.05, 4.69) is 24.1 Å². The zero-order chi connectivity index (χ0) is 15.2. The van der Waals surface area contributed by atoms with E-state index in [9.17, 15) is 9.18 Å². The SMILES string of the molecule is CC(C)CNC(=O)CCc1csc(-c2ccc(F)cc2)n1. The number of hydrogen-bond donors (Lipinski definition) is 1. The van der Waals surface area contributed by atoms with Crippen molar-refractivity contribution in [3.05, 3.63) is 41.2 Å².